The number of nitrogens with one attached hydrogen (secondary N) is 3. The molecule has 0 bridgehead atoms. The van der Waals surface area contributed by atoms with E-state index in [1.165, 1.54) is 14.2 Å². The number of esters is 2. The van der Waals surface area contributed by atoms with Crippen LogP contribution >= 0.6 is 0 Å². The molecule has 1 aromatic heterocycles. The van der Waals surface area contributed by atoms with Crippen LogP contribution < -0.4 is 25.5 Å². The van der Waals surface area contributed by atoms with Gasteiger partial charge in [-0.1, -0.05) is 12.1 Å². The van der Waals surface area contributed by atoms with Gasteiger partial charge in [0.25, 0.3) is 0 Å². The van der Waals surface area contributed by atoms with E-state index in [1.54, 1.807) is 49.5 Å². The van der Waals surface area contributed by atoms with E-state index < -0.39 is 30.2 Å². The molecule has 13 nitrogen and oxygen atoms in total. The summed E-state index contributed by atoms with van der Waals surface area (Å²) in [6, 6.07) is 12.9. The highest BCUT2D eigenvalue weighted by molar-refractivity contribution is 5.95. The van der Waals surface area contributed by atoms with Crippen LogP contribution in [-0.4, -0.2) is 67.5 Å². The van der Waals surface area contributed by atoms with E-state index in [4.69, 9.17) is 18.9 Å². The number of ether oxygens (including phenoxy) is 4. The Morgan fingerprint density at radius 2 is 1.80 bits per heavy atom. The van der Waals surface area contributed by atoms with Crippen molar-refractivity contribution in [2.45, 2.75) is 40.0 Å². The lowest BCUT2D eigenvalue weighted by atomic mass is 9.95. The van der Waals surface area contributed by atoms with Gasteiger partial charge < -0.3 is 39.3 Å². The van der Waals surface area contributed by atoms with Gasteiger partial charge in [-0.15, -0.1) is 0 Å². The van der Waals surface area contributed by atoms with E-state index in [9.17, 15) is 19.5 Å². The quantitative estimate of drug-likeness (QED) is 0.103. The van der Waals surface area contributed by atoms with E-state index in [0.29, 0.717) is 34.9 Å². The van der Waals surface area contributed by atoms with E-state index in [0.717, 1.165) is 22.6 Å². The Balaban J connectivity index is 1.43. The minimum atomic E-state index is -1.16. The average molecular weight is 620 g/mol. The molecule has 3 aromatic rings. The summed E-state index contributed by atoms with van der Waals surface area (Å²) in [5.41, 5.74) is 7.77. The summed E-state index contributed by atoms with van der Waals surface area (Å²) >= 11 is 0. The molecule has 0 saturated carbocycles. The number of aryl methyl sites for hydroxylation is 1. The Morgan fingerprint density at radius 1 is 1.04 bits per heavy atom. The number of carbonyl (C=O) groups excluding carboxylic acids is 3. The number of allylic oxidation sites excluding steroid dienone is 1. The minimum absolute atomic E-state index is 0.160. The lowest BCUT2D eigenvalue weighted by molar-refractivity contribution is -0.136. The van der Waals surface area contributed by atoms with Gasteiger partial charge in [0, 0.05) is 28.3 Å². The van der Waals surface area contributed by atoms with Crippen molar-refractivity contribution in [2.24, 2.45) is 5.10 Å². The zero-order chi connectivity index (χ0) is 32.7. The van der Waals surface area contributed by atoms with Gasteiger partial charge in [-0.25, -0.2) is 14.4 Å². The van der Waals surface area contributed by atoms with E-state index >= 15 is 0 Å². The molecule has 0 aliphatic carbocycles. The van der Waals surface area contributed by atoms with Crippen molar-refractivity contribution < 1.29 is 38.4 Å². The first-order chi connectivity index (χ1) is 21.6. The van der Waals surface area contributed by atoms with Crippen LogP contribution in [0.3, 0.4) is 0 Å². The molecule has 0 saturated heterocycles. The highest BCUT2D eigenvalue weighted by Gasteiger charge is 2.32. The number of urea groups is 1. The number of hydrazone groups is 1. The first-order valence-corrected chi connectivity index (χ1v) is 14.2. The number of carbonyl (C=O) groups is 3. The van der Waals surface area contributed by atoms with Gasteiger partial charge >= 0.3 is 18.0 Å². The lowest BCUT2D eigenvalue weighted by Crippen LogP contribution is -2.45. The Labute approximate surface area is 260 Å². The molecule has 4 N–H and O–H groups in total. The molecule has 0 spiro atoms. The average Bonchev–Trinajstić information content (AvgIpc) is 3.31. The van der Waals surface area contributed by atoms with Gasteiger partial charge in [-0.2, -0.15) is 5.10 Å². The third-order valence-electron chi connectivity index (χ3n) is 7.10. The molecule has 2 heterocycles. The first-order valence-electron chi connectivity index (χ1n) is 14.2. The second-order valence-corrected chi connectivity index (χ2v) is 10.1. The van der Waals surface area contributed by atoms with Crippen LogP contribution in [0.25, 0.3) is 5.69 Å². The first kappa shape index (κ1) is 32.6. The SMILES string of the molecule is CCOc1cc([C@H]2NC(=O)NC(C)=C2C(=O)OC)ccc1OC[C@@H](O)N/N=C\c1cc(C)n(-c2cccc(C(=O)OC)c2)c1C. The molecule has 0 radical (unpaired) electrons. The van der Waals surface area contributed by atoms with Crippen LogP contribution in [0.2, 0.25) is 0 Å². The number of aromatic nitrogens is 1. The van der Waals surface area contributed by atoms with Gasteiger partial charge in [-0.05, 0) is 69.7 Å². The number of rotatable bonds is 12. The second-order valence-electron chi connectivity index (χ2n) is 10.1. The van der Waals surface area contributed by atoms with E-state index in [-0.39, 0.29) is 12.2 Å². The maximum Gasteiger partial charge on any atom is 0.337 e. The van der Waals surface area contributed by atoms with E-state index in [1.807, 2.05) is 37.5 Å². The van der Waals surface area contributed by atoms with Crippen LogP contribution in [0.1, 0.15) is 52.8 Å². The van der Waals surface area contributed by atoms with Crippen LogP contribution in [0, 0.1) is 13.8 Å². The van der Waals surface area contributed by atoms with Crippen molar-refractivity contribution in [3.8, 4) is 17.2 Å². The Hall–Kier alpha value is -5.30. The third-order valence-corrected chi connectivity index (χ3v) is 7.10. The summed E-state index contributed by atoms with van der Waals surface area (Å²) in [5, 5.41) is 20.0. The summed E-state index contributed by atoms with van der Waals surface area (Å²) in [5.74, 6) is -0.276. The smallest absolute Gasteiger partial charge is 0.337 e. The fourth-order valence-corrected chi connectivity index (χ4v) is 5.02. The molecule has 4 rings (SSSR count). The van der Waals surface area contributed by atoms with Gasteiger partial charge in [0.1, 0.15) is 6.61 Å². The summed E-state index contributed by atoms with van der Waals surface area (Å²) < 4.78 is 23.3. The number of amides is 2. The lowest BCUT2D eigenvalue weighted by Gasteiger charge is -2.28. The molecule has 2 amide bonds. The van der Waals surface area contributed by atoms with Gasteiger partial charge in [0.2, 0.25) is 0 Å². The van der Waals surface area contributed by atoms with Crippen molar-refractivity contribution in [3.05, 3.63) is 87.9 Å². The van der Waals surface area contributed by atoms with Gasteiger partial charge in [0.15, 0.2) is 17.7 Å². The molecule has 2 aromatic carbocycles. The predicted molar refractivity (Wildman–Crippen MR) is 166 cm³/mol. The van der Waals surface area contributed by atoms with Crippen LogP contribution in [0.15, 0.2) is 64.9 Å². The summed E-state index contributed by atoms with van der Waals surface area (Å²) in [4.78, 5) is 36.6. The maximum absolute atomic E-state index is 12.5. The number of aliphatic hydroxyl groups is 1. The van der Waals surface area contributed by atoms with Crippen molar-refractivity contribution in [2.75, 3.05) is 27.4 Å². The fourth-order valence-electron chi connectivity index (χ4n) is 5.02. The molecular weight excluding hydrogens is 582 g/mol. The van der Waals surface area contributed by atoms with Gasteiger partial charge in [-0.3, -0.25) is 5.43 Å². The number of hydrogen-bond acceptors (Lipinski definition) is 10. The van der Waals surface area contributed by atoms with E-state index in [2.05, 4.69) is 21.2 Å². The highest BCUT2D eigenvalue weighted by Crippen LogP contribution is 2.35. The van der Waals surface area contributed by atoms with Crippen LogP contribution in [0.4, 0.5) is 4.79 Å². The summed E-state index contributed by atoms with van der Waals surface area (Å²) in [7, 11) is 2.61. The topological polar surface area (TPSA) is 162 Å². The zero-order valence-electron chi connectivity index (χ0n) is 26.0. The highest BCUT2D eigenvalue weighted by atomic mass is 16.5. The number of hydrogen-bond donors (Lipinski definition) is 4. The zero-order valence-corrected chi connectivity index (χ0v) is 26.0. The molecule has 1 aliphatic rings. The number of benzene rings is 2. The molecule has 13 heteroatoms. The Kier molecular flexibility index (Phi) is 10.5. The predicted octanol–water partition coefficient (Wildman–Crippen LogP) is 3.40. The van der Waals surface area contributed by atoms with Crippen LogP contribution in [-0.2, 0) is 14.3 Å². The second kappa shape index (κ2) is 14.4. The normalized spacial score (nSPS) is 15.3. The number of methoxy groups -OCH3 is 2. The van der Waals surface area contributed by atoms with Crippen molar-refractivity contribution in [1.29, 1.82) is 0 Å². The van der Waals surface area contributed by atoms with Crippen LogP contribution in [0.5, 0.6) is 11.5 Å². The monoisotopic (exact) mass is 619 g/mol. The Morgan fingerprint density at radius 3 is 2.51 bits per heavy atom. The number of nitrogens with zero attached hydrogens (tertiary/aromatic N) is 2. The van der Waals surface area contributed by atoms with Crippen molar-refractivity contribution in [3.63, 3.8) is 0 Å². The maximum atomic E-state index is 12.5. The molecular formula is C32H37N5O8. The molecule has 238 valence electrons. The molecule has 0 fully saturated rings. The Bertz CT molecular complexity index is 1640. The van der Waals surface area contributed by atoms with Crippen molar-refractivity contribution in [1.82, 2.24) is 20.6 Å². The largest absolute Gasteiger partial charge is 0.490 e. The molecule has 2 atom stereocenters. The number of aliphatic hydroxyl groups excluding tert-OH is 1. The molecule has 0 unspecified atom stereocenters. The summed E-state index contributed by atoms with van der Waals surface area (Å²) in [6.07, 6.45) is 0.435. The third kappa shape index (κ3) is 7.44. The van der Waals surface area contributed by atoms with Crippen molar-refractivity contribution >= 4 is 24.2 Å². The standard InChI is InChI=1S/C32H37N5O8/c1-7-44-26-15-21(29-28(31(40)43-6)19(3)34-32(41)35-29)11-12-25(26)45-17-27(38)36-33-16-23-13-18(2)37(20(23)4)24-10-8-9-22(14-24)30(39)42-5/h8-16,27,29,36,38H,7,17H2,1-6H3,(H2,34,35,41)/b33-16-/t27-,29-/m1/s1. The minimum Gasteiger partial charge on any atom is -0.490 e. The molecule has 45 heavy (non-hydrogen) atoms. The molecule has 1 aliphatic heterocycles. The fraction of sp³-hybridized carbons (Fsp3) is 0.312. The van der Waals surface area contributed by atoms with Gasteiger partial charge in [0.05, 0.1) is 44.2 Å². The summed E-state index contributed by atoms with van der Waals surface area (Å²) in [6.45, 7) is 7.47.